The van der Waals surface area contributed by atoms with Gasteiger partial charge in [-0.3, -0.25) is 0 Å². The van der Waals surface area contributed by atoms with Crippen molar-refractivity contribution < 1.29 is 4.42 Å². The van der Waals surface area contributed by atoms with E-state index in [0.29, 0.717) is 0 Å². The van der Waals surface area contributed by atoms with Gasteiger partial charge in [0.1, 0.15) is 11.3 Å². The molecule has 0 amide bonds. The molecule has 84 valence electrons. The first-order valence-corrected chi connectivity index (χ1v) is 5.79. The van der Waals surface area contributed by atoms with Crippen molar-refractivity contribution in [3.63, 3.8) is 0 Å². The van der Waals surface area contributed by atoms with Crippen LogP contribution in [0.25, 0.3) is 22.3 Å². The Morgan fingerprint density at radius 3 is 2.24 bits per heavy atom. The quantitative estimate of drug-likeness (QED) is 0.580. The number of rotatable bonds is 1. The molecular weight excluding hydrogens is 208 g/mol. The summed E-state index contributed by atoms with van der Waals surface area (Å²) in [6, 6.07) is 16.8. The van der Waals surface area contributed by atoms with Crippen molar-refractivity contribution in [2.75, 3.05) is 0 Å². The number of aryl methyl sites for hydroxylation is 2. The average Bonchev–Trinajstić information content (AvgIpc) is 2.72. The summed E-state index contributed by atoms with van der Waals surface area (Å²) < 4.78 is 5.85. The van der Waals surface area contributed by atoms with Gasteiger partial charge in [-0.05, 0) is 32.0 Å². The monoisotopic (exact) mass is 222 g/mol. The van der Waals surface area contributed by atoms with Gasteiger partial charge in [0.2, 0.25) is 0 Å². The Labute approximate surface area is 101 Å². The number of benzene rings is 2. The number of hydrogen-bond donors (Lipinski definition) is 0. The molecule has 0 aliphatic rings. The Morgan fingerprint density at radius 2 is 1.47 bits per heavy atom. The molecule has 3 aromatic rings. The fraction of sp³-hybridized carbons (Fsp3) is 0.125. The molecule has 0 saturated carbocycles. The molecule has 1 heterocycles. The topological polar surface area (TPSA) is 13.1 Å². The van der Waals surface area contributed by atoms with Gasteiger partial charge >= 0.3 is 0 Å². The molecule has 0 aliphatic heterocycles. The number of hydrogen-bond acceptors (Lipinski definition) is 1. The van der Waals surface area contributed by atoms with E-state index in [4.69, 9.17) is 4.42 Å². The van der Waals surface area contributed by atoms with Crippen molar-refractivity contribution in [2.45, 2.75) is 13.8 Å². The summed E-state index contributed by atoms with van der Waals surface area (Å²) in [5.74, 6) is 0.936. The molecule has 17 heavy (non-hydrogen) atoms. The van der Waals surface area contributed by atoms with E-state index in [0.717, 1.165) is 16.9 Å². The summed E-state index contributed by atoms with van der Waals surface area (Å²) in [6.07, 6.45) is 0. The van der Waals surface area contributed by atoms with Crippen LogP contribution in [0.15, 0.2) is 52.9 Å². The van der Waals surface area contributed by atoms with Gasteiger partial charge in [0, 0.05) is 10.9 Å². The lowest BCUT2D eigenvalue weighted by Gasteiger charge is -1.96. The molecule has 2 aromatic carbocycles. The molecule has 0 radical (unpaired) electrons. The van der Waals surface area contributed by atoms with E-state index >= 15 is 0 Å². The average molecular weight is 222 g/mol. The predicted octanol–water partition coefficient (Wildman–Crippen LogP) is 4.72. The van der Waals surface area contributed by atoms with Crippen LogP contribution in [0.1, 0.15) is 11.1 Å². The lowest BCUT2D eigenvalue weighted by molar-refractivity contribution is 0.631. The molecule has 1 heteroatoms. The zero-order chi connectivity index (χ0) is 11.8. The zero-order valence-corrected chi connectivity index (χ0v) is 10.0. The fourth-order valence-electron chi connectivity index (χ4n) is 2.02. The second-order valence-corrected chi connectivity index (χ2v) is 4.52. The summed E-state index contributed by atoms with van der Waals surface area (Å²) >= 11 is 0. The highest BCUT2D eigenvalue weighted by Crippen LogP contribution is 2.28. The van der Waals surface area contributed by atoms with Gasteiger partial charge in [-0.25, -0.2) is 0 Å². The van der Waals surface area contributed by atoms with E-state index in [9.17, 15) is 0 Å². The van der Waals surface area contributed by atoms with Crippen molar-refractivity contribution in [3.05, 3.63) is 59.7 Å². The van der Waals surface area contributed by atoms with Crippen molar-refractivity contribution in [1.29, 1.82) is 0 Å². The Bertz CT molecular complexity index is 660. The van der Waals surface area contributed by atoms with Crippen LogP contribution in [0, 0.1) is 13.8 Å². The highest BCUT2D eigenvalue weighted by atomic mass is 16.3. The molecule has 0 atom stereocenters. The van der Waals surface area contributed by atoms with Gasteiger partial charge in [-0.2, -0.15) is 0 Å². The van der Waals surface area contributed by atoms with E-state index in [1.165, 1.54) is 16.5 Å². The van der Waals surface area contributed by atoms with Crippen LogP contribution in [0.2, 0.25) is 0 Å². The van der Waals surface area contributed by atoms with E-state index < -0.39 is 0 Å². The van der Waals surface area contributed by atoms with E-state index in [1.54, 1.807) is 0 Å². The normalized spacial score (nSPS) is 10.9. The maximum Gasteiger partial charge on any atom is 0.135 e. The molecule has 1 nitrogen and oxygen atoms in total. The summed E-state index contributed by atoms with van der Waals surface area (Å²) in [5.41, 5.74) is 4.60. The first kappa shape index (κ1) is 10.2. The van der Waals surface area contributed by atoms with Gasteiger partial charge in [0.25, 0.3) is 0 Å². The SMILES string of the molecule is Cc1ccc(-c2cc3cc(C)ccc3o2)cc1. The standard InChI is InChI=1S/C16H14O/c1-11-3-6-13(7-4-11)16-10-14-9-12(2)5-8-15(14)17-16/h3-10H,1-2H3. The first-order valence-electron chi connectivity index (χ1n) is 5.79. The Balaban J connectivity index is 2.14. The minimum Gasteiger partial charge on any atom is -0.456 e. The van der Waals surface area contributed by atoms with Crippen molar-refractivity contribution in [1.82, 2.24) is 0 Å². The van der Waals surface area contributed by atoms with Gasteiger partial charge in [-0.15, -0.1) is 0 Å². The second-order valence-electron chi connectivity index (χ2n) is 4.52. The summed E-state index contributed by atoms with van der Waals surface area (Å²) in [6.45, 7) is 4.18. The third kappa shape index (κ3) is 1.84. The Morgan fingerprint density at radius 1 is 0.765 bits per heavy atom. The van der Waals surface area contributed by atoms with Crippen LogP contribution in [-0.4, -0.2) is 0 Å². The molecule has 0 saturated heterocycles. The number of fused-ring (bicyclic) bond motifs is 1. The van der Waals surface area contributed by atoms with Crippen LogP contribution in [0.4, 0.5) is 0 Å². The Kier molecular flexibility index (Phi) is 2.25. The van der Waals surface area contributed by atoms with E-state index in [1.807, 2.05) is 6.07 Å². The summed E-state index contributed by atoms with van der Waals surface area (Å²) in [7, 11) is 0. The molecule has 0 unspecified atom stereocenters. The van der Waals surface area contributed by atoms with Crippen LogP contribution in [0.5, 0.6) is 0 Å². The lowest BCUT2D eigenvalue weighted by atomic mass is 10.1. The molecule has 0 aliphatic carbocycles. The van der Waals surface area contributed by atoms with Gasteiger partial charge < -0.3 is 4.42 Å². The largest absolute Gasteiger partial charge is 0.456 e. The minimum atomic E-state index is 0.936. The van der Waals surface area contributed by atoms with Crippen molar-refractivity contribution >= 4 is 11.0 Å². The van der Waals surface area contributed by atoms with Crippen LogP contribution in [0.3, 0.4) is 0 Å². The highest BCUT2D eigenvalue weighted by Gasteiger charge is 2.05. The van der Waals surface area contributed by atoms with Crippen LogP contribution >= 0.6 is 0 Å². The predicted molar refractivity (Wildman–Crippen MR) is 71.1 cm³/mol. The number of furan rings is 1. The molecule has 3 rings (SSSR count). The maximum atomic E-state index is 5.85. The maximum absolute atomic E-state index is 5.85. The molecule has 1 aromatic heterocycles. The zero-order valence-electron chi connectivity index (χ0n) is 10.0. The fourth-order valence-corrected chi connectivity index (χ4v) is 2.02. The van der Waals surface area contributed by atoms with Gasteiger partial charge in [0.05, 0.1) is 0 Å². The second kappa shape index (κ2) is 3.77. The molecule has 0 spiro atoms. The molecule has 0 N–H and O–H groups in total. The molecule has 0 bridgehead atoms. The highest BCUT2D eigenvalue weighted by molar-refractivity contribution is 5.83. The molecule has 0 fully saturated rings. The summed E-state index contributed by atoms with van der Waals surface area (Å²) in [4.78, 5) is 0. The summed E-state index contributed by atoms with van der Waals surface area (Å²) in [5, 5.41) is 1.17. The van der Waals surface area contributed by atoms with Gasteiger partial charge in [-0.1, -0.05) is 41.5 Å². The first-order chi connectivity index (χ1) is 8.22. The van der Waals surface area contributed by atoms with E-state index in [2.05, 4.69) is 56.3 Å². The molecular formula is C16H14O. The smallest absolute Gasteiger partial charge is 0.135 e. The lowest BCUT2D eigenvalue weighted by Crippen LogP contribution is -1.74. The van der Waals surface area contributed by atoms with Crippen molar-refractivity contribution in [3.8, 4) is 11.3 Å². The third-order valence-corrected chi connectivity index (χ3v) is 3.01. The van der Waals surface area contributed by atoms with Crippen LogP contribution < -0.4 is 0 Å². The third-order valence-electron chi connectivity index (χ3n) is 3.01. The minimum absolute atomic E-state index is 0.936. The van der Waals surface area contributed by atoms with Crippen molar-refractivity contribution in [2.24, 2.45) is 0 Å². The van der Waals surface area contributed by atoms with Crippen LogP contribution in [-0.2, 0) is 0 Å². The Hall–Kier alpha value is -2.02. The van der Waals surface area contributed by atoms with Gasteiger partial charge in [0.15, 0.2) is 0 Å². The van der Waals surface area contributed by atoms with E-state index in [-0.39, 0.29) is 0 Å².